The zero-order valence-corrected chi connectivity index (χ0v) is 12.8. The summed E-state index contributed by atoms with van der Waals surface area (Å²) in [6.07, 6.45) is 14.6. The lowest BCUT2D eigenvalue weighted by Crippen LogP contribution is -1.96. The van der Waals surface area contributed by atoms with Gasteiger partial charge in [0, 0.05) is 0 Å². The van der Waals surface area contributed by atoms with Gasteiger partial charge in [0.1, 0.15) is 0 Å². The first kappa shape index (κ1) is 16.2. The molecule has 0 aromatic carbocycles. The summed E-state index contributed by atoms with van der Waals surface area (Å²) in [6.45, 7) is 6.84. The third-order valence-corrected chi connectivity index (χ3v) is 3.57. The molecule has 0 rings (SSSR count). The Kier molecular flexibility index (Phi) is 11.8. The number of rotatable bonds is 10. The minimum atomic E-state index is 0.712. The van der Waals surface area contributed by atoms with Crippen molar-refractivity contribution in [2.45, 2.75) is 84.2 Å². The molecule has 0 saturated carbocycles. The van der Waals surface area contributed by atoms with Crippen molar-refractivity contribution in [1.82, 2.24) is 0 Å². The molecule has 0 aromatic heterocycles. The van der Waals surface area contributed by atoms with Crippen LogP contribution in [0.15, 0.2) is 11.6 Å². The van der Waals surface area contributed by atoms with Crippen LogP contribution in [0, 0.1) is 0 Å². The highest BCUT2D eigenvalue weighted by atomic mass is 31.0. The van der Waals surface area contributed by atoms with Crippen LogP contribution in [0.3, 0.4) is 0 Å². The van der Waals surface area contributed by atoms with E-state index in [4.69, 9.17) is 0 Å². The second-order valence-electron chi connectivity index (χ2n) is 4.84. The largest absolute Gasteiger partial charge is 0.130 e. The Morgan fingerprint density at radius 1 is 0.938 bits per heavy atom. The molecule has 2 unspecified atom stereocenters. The van der Waals surface area contributed by atoms with Gasteiger partial charge < -0.3 is 0 Å². The summed E-state index contributed by atoms with van der Waals surface area (Å²) in [6, 6.07) is 0. The molecule has 0 bridgehead atoms. The lowest BCUT2D eigenvalue weighted by atomic mass is 10.0. The molecule has 2 atom stereocenters. The Bertz CT molecular complexity index is 162. The molecule has 96 valence electrons. The van der Waals surface area contributed by atoms with Gasteiger partial charge in [0.2, 0.25) is 0 Å². The first-order valence-electron chi connectivity index (χ1n) is 7.19. The standard InChI is InChI=1S/C15H31P/c1-4-7-10-14(11-8-5-2)13-15(16)12-9-6-3/h13,15H,4-12,16H2,1-3H3. The highest BCUT2D eigenvalue weighted by Gasteiger charge is 2.02. The molecule has 0 saturated heterocycles. The number of unbranched alkanes of at least 4 members (excludes halogenated alkanes) is 3. The highest BCUT2D eigenvalue weighted by Crippen LogP contribution is 2.20. The Morgan fingerprint density at radius 3 is 1.88 bits per heavy atom. The summed E-state index contributed by atoms with van der Waals surface area (Å²) < 4.78 is 0. The van der Waals surface area contributed by atoms with Crippen LogP contribution in [0.25, 0.3) is 0 Å². The van der Waals surface area contributed by atoms with Crippen LogP contribution in [0.4, 0.5) is 0 Å². The molecule has 0 N–H and O–H groups in total. The van der Waals surface area contributed by atoms with Crippen LogP contribution in [0.5, 0.6) is 0 Å². The second-order valence-corrected chi connectivity index (χ2v) is 5.69. The number of allylic oxidation sites excluding steroid dienone is 2. The van der Waals surface area contributed by atoms with Gasteiger partial charge in [-0.3, -0.25) is 0 Å². The second kappa shape index (κ2) is 11.6. The van der Waals surface area contributed by atoms with E-state index in [9.17, 15) is 0 Å². The maximum Gasteiger partial charge on any atom is -0.00830 e. The topological polar surface area (TPSA) is 0 Å². The van der Waals surface area contributed by atoms with Gasteiger partial charge in [-0.15, -0.1) is 9.24 Å². The third kappa shape index (κ3) is 9.40. The van der Waals surface area contributed by atoms with Crippen LogP contribution in [-0.4, -0.2) is 5.66 Å². The van der Waals surface area contributed by atoms with E-state index in [0.717, 1.165) is 0 Å². The van der Waals surface area contributed by atoms with Gasteiger partial charge in [0.25, 0.3) is 0 Å². The SMILES string of the molecule is CCCCC(=CC(P)CCCC)CCCC. The van der Waals surface area contributed by atoms with Gasteiger partial charge in [-0.25, -0.2) is 0 Å². The summed E-state index contributed by atoms with van der Waals surface area (Å²) >= 11 is 0. The van der Waals surface area contributed by atoms with Crippen molar-refractivity contribution in [3.8, 4) is 0 Å². The van der Waals surface area contributed by atoms with Crippen molar-refractivity contribution in [3.63, 3.8) is 0 Å². The molecule has 0 aromatic rings. The van der Waals surface area contributed by atoms with E-state index in [1.807, 2.05) is 0 Å². The summed E-state index contributed by atoms with van der Waals surface area (Å²) in [7, 11) is 3.01. The summed E-state index contributed by atoms with van der Waals surface area (Å²) in [5, 5.41) is 0. The number of hydrogen-bond acceptors (Lipinski definition) is 0. The van der Waals surface area contributed by atoms with Gasteiger partial charge in [-0.2, -0.15) is 0 Å². The van der Waals surface area contributed by atoms with Crippen LogP contribution in [0.1, 0.15) is 78.6 Å². The first-order valence-corrected chi connectivity index (χ1v) is 7.86. The molecule has 0 fully saturated rings. The smallest absolute Gasteiger partial charge is 0.00830 e. The van der Waals surface area contributed by atoms with E-state index in [1.54, 1.807) is 5.57 Å². The molecule has 0 spiro atoms. The van der Waals surface area contributed by atoms with Gasteiger partial charge in [0.15, 0.2) is 0 Å². The van der Waals surface area contributed by atoms with Crippen molar-refractivity contribution in [2.75, 3.05) is 0 Å². The van der Waals surface area contributed by atoms with Crippen molar-refractivity contribution < 1.29 is 0 Å². The van der Waals surface area contributed by atoms with Gasteiger partial charge >= 0.3 is 0 Å². The van der Waals surface area contributed by atoms with Crippen LogP contribution >= 0.6 is 9.24 Å². The highest BCUT2D eigenvalue weighted by molar-refractivity contribution is 7.17. The predicted molar refractivity (Wildman–Crippen MR) is 80.2 cm³/mol. The predicted octanol–water partition coefficient (Wildman–Crippen LogP) is 5.73. The van der Waals surface area contributed by atoms with Crippen LogP contribution < -0.4 is 0 Å². The van der Waals surface area contributed by atoms with E-state index in [0.29, 0.717) is 5.66 Å². The average Bonchev–Trinajstić information content (AvgIpc) is 2.30. The van der Waals surface area contributed by atoms with Crippen molar-refractivity contribution in [1.29, 1.82) is 0 Å². The van der Waals surface area contributed by atoms with E-state index < -0.39 is 0 Å². The summed E-state index contributed by atoms with van der Waals surface area (Å²) in [5.41, 5.74) is 2.42. The lowest BCUT2D eigenvalue weighted by molar-refractivity contribution is 0.695. The maximum atomic E-state index is 3.01. The molecular weight excluding hydrogens is 211 g/mol. The normalized spacial score (nSPS) is 12.5. The lowest BCUT2D eigenvalue weighted by Gasteiger charge is -2.11. The first-order chi connectivity index (χ1) is 7.74. The summed E-state index contributed by atoms with van der Waals surface area (Å²) in [5.74, 6) is 0. The van der Waals surface area contributed by atoms with E-state index in [1.165, 1.54) is 57.8 Å². The molecule has 1 heteroatoms. The van der Waals surface area contributed by atoms with Crippen molar-refractivity contribution >= 4 is 9.24 Å². The molecule has 0 nitrogen and oxygen atoms in total. The number of hydrogen-bond donors (Lipinski definition) is 0. The molecule has 0 heterocycles. The minimum absolute atomic E-state index is 0.712. The van der Waals surface area contributed by atoms with Gasteiger partial charge in [0.05, 0.1) is 0 Å². The zero-order valence-electron chi connectivity index (χ0n) is 11.6. The Morgan fingerprint density at radius 2 is 1.44 bits per heavy atom. The van der Waals surface area contributed by atoms with Crippen molar-refractivity contribution in [3.05, 3.63) is 11.6 Å². The van der Waals surface area contributed by atoms with E-state index >= 15 is 0 Å². The van der Waals surface area contributed by atoms with E-state index in [2.05, 4.69) is 36.1 Å². The molecule has 0 aliphatic carbocycles. The monoisotopic (exact) mass is 242 g/mol. The van der Waals surface area contributed by atoms with Gasteiger partial charge in [-0.05, 0) is 37.8 Å². The fourth-order valence-electron chi connectivity index (χ4n) is 1.93. The van der Waals surface area contributed by atoms with Crippen molar-refractivity contribution in [2.24, 2.45) is 0 Å². The third-order valence-electron chi connectivity index (χ3n) is 3.04. The molecule has 0 radical (unpaired) electrons. The molecule has 0 aliphatic heterocycles. The molecule has 0 amide bonds. The minimum Gasteiger partial charge on any atom is -0.130 e. The van der Waals surface area contributed by atoms with E-state index in [-0.39, 0.29) is 0 Å². The Hall–Kier alpha value is 0.170. The van der Waals surface area contributed by atoms with Gasteiger partial charge in [-0.1, -0.05) is 58.1 Å². The fourth-order valence-corrected chi connectivity index (χ4v) is 2.43. The molecular formula is C15H31P. The molecule has 16 heavy (non-hydrogen) atoms. The Labute approximate surface area is 105 Å². The zero-order chi connectivity index (χ0) is 12.2. The molecule has 0 aliphatic rings. The van der Waals surface area contributed by atoms with Crippen LogP contribution in [0.2, 0.25) is 0 Å². The maximum absolute atomic E-state index is 3.01. The van der Waals surface area contributed by atoms with Crippen LogP contribution in [-0.2, 0) is 0 Å². The Balaban J connectivity index is 4.06. The fraction of sp³-hybridized carbons (Fsp3) is 0.867. The average molecular weight is 242 g/mol. The summed E-state index contributed by atoms with van der Waals surface area (Å²) in [4.78, 5) is 0. The quantitative estimate of drug-likeness (QED) is 0.339.